The summed E-state index contributed by atoms with van der Waals surface area (Å²) in [5.74, 6) is -10.4. The average Bonchev–Trinajstić information content (AvgIpc) is 2.90. The first-order valence-corrected chi connectivity index (χ1v) is 10.9. The SMILES string of the molecule is O=C(c1ccc(-c2cc3ccccc3oc2=O)cc1)N1CCN(c2c(F)c(F)c(F)c(F)c2F)CC1. The maximum atomic E-state index is 14.1. The number of anilines is 1. The number of benzene rings is 3. The van der Waals surface area contributed by atoms with Crippen LogP contribution in [-0.2, 0) is 0 Å². The Hall–Kier alpha value is -4.21. The molecule has 36 heavy (non-hydrogen) atoms. The van der Waals surface area contributed by atoms with Crippen molar-refractivity contribution in [2.24, 2.45) is 0 Å². The molecule has 1 aliphatic rings. The molecule has 184 valence electrons. The number of hydrogen-bond donors (Lipinski definition) is 0. The fraction of sp³-hybridized carbons (Fsp3) is 0.154. The number of hydrogen-bond acceptors (Lipinski definition) is 4. The quantitative estimate of drug-likeness (QED) is 0.170. The molecule has 1 amide bonds. The molecule has 0 radical (unpaired) electrons. The van der Waals surface area contributed by atoms with Gasteiger partial charge in [-0.2, -0.15) is 0 Å². The summed E-state index contributed by atoms with van der Waals surface area (Å²) in [7, 11) is 0. The number of rotatable bonds is 3. The van der Waals surface area contributed by atoms with E-state index in [9.17, 15) is 31.5 Å². The molecule has 0 saturated carbocycles. The maximum absolute atomic E-state index is 14.1. The zero-order valence-corrected chi connectivity index (χ0v) is 18.5. The van der Waals surface area contributed by atoms with Crippen LogP contribution in [0.15, 0.2) is 63.8 Å². The number of para-hydroxylation sites is 1. The van der Waals surface area contributed by atoms with Gasteiger partial charge in [0, 0.05) is 37.1 Å². The Labute approximate surface area is 201 Å². The van der Waals surface area contributed by atoms with Crippen molar-refractivity contribution in [1.29, 1.82) is 0 Å². The summed E-state index contributed by atoms with van der Waals surface area (Å²) in [5.41, 5.74) is 0.150. The second kappa shape index (κ2) is 9.10. The number of nitrogens with zero attached hydrogens (tertiary/aromatic N) is 2. The van der Waals surface area contributed by atoms with Crippen molar-refractivity contribution in [2.45, 2.75) is 0 Å². The second-order valence-electron chi connectivity index (χ2n) is 8.26. The van der Waals surface area contributed by atoms with E-state index in [1.54, 1.807) is 42.5 Å². The zero-order chi connectivity index (χ0) is 25.6. The molecule has 4 aromatic rings. The van der Waals surface area contributed by atoms with Crippen LogP contribution in [0.25, 0.3) is 22.1 Å². The van der Waals surface area contributed by atoms with E-state index in [-0.39, 0.29) is 32.1 Å². The number of piperazine rings is 1. The Morgan fingerprint density at radius 1 is 0.750 bits per heavy atom. The average molecular weight is 500 g/mol. The van der Waals surface area contributed by atoms with Gasteiger partial charge in [-0.1, -0.05) is 30.3 Å². The minimum absolute atomic E-state index is 0.00828. The van der Waals surface area contributed by atoms with Crippen LogP contribution >= 0.6 is 0 Å². The molecule has 1 saturated heterocycles. The van der Waals surface area contributed by atoms with Crippen LogP contribution < -0.4 is 10.5 Å². The van der Waals surface area contributed by atoms with Crippen LogP contribution in [0, 0.1) is 29.1 Å². The highest BCUT2D eigenvalue weighted by Crippen LogP contribution is 2.31. The fourth-order valence-electron chi connectivity index (χ4n) is 4.24. The lowest BCUT2D eigenvalue weighted by Gasteiger charge is -2.36. The Morgan fingerprint density at radius 3 is 1.97 bits per heavy atom. The molecule has 0 atom stereocenters. The van der Waals surface area contributed by atoms with Crippen molar-refractivity contribution < 1.29 is 31.2 Å². The molecule has 0 N–H and O–H groups in total. The van der Waals surface area contributed by atoms with E-state index >= 15 is 0 Å². The van der Waals surface area contributed by atoms with E-state index in [1.165, 1.54) is 4.90 Å². The Bertz CT molecular complexity index is 1520. The first-order chi connectivity index (χ1) is 17.3. The summed E-state index contributed by atoms with van der Waals surface area (Å²) < 4.78 is 74.1. The lowest BCUT2D eigenvalue weighted by Crippen LogP contribution is -2.49. The second-order valence-corrected chi connectivity index (χ2v) is 8.26. The van der Waals surface area contributed by atoms with Gasteiger partial charge in [0.2, 0.25) is 5.82 Å². The van der Waals surface area contributed by atoms with Gasteiger partial charge in [-0.3, -0.25) is 4.79 Å². The van der Waals surface area contributed by atoms with Crippen LogP contribution in [0.3, 0.4) is 0 Å². The lowest BCUT2D eigenvalue weighted by atomic mass is 10.0. The standard InChI is InChI=1S/C26H17F5N2O3/c27-19-20(28)22(30)24(23(31)21(19)29)32-9-11-33(12-10-32)25(34)15-7-5-14(6-8-15)17-13-16-3-1-2-4-18(16)36-26(17)35/h1-8,13H,9-12H2. The highest BCUT2D eigenvalue weighted by molar-refractivity contribution is 5.95. The molecule has 1 fully saturated rings. The summed E-state index contributed by atoms with van der Waals surface area (Å²) in [4.78, 5) is 27.8. The van der Waals surface area contributed by atoms with Crippen LogP contribution in [-0.4, -0.2) is 37.0 Å². The summed E-state index contributed by atoms with van der Waals surface area (Å²) in [6, 6.07) is 15.1. The zero-order valence-electron chi connectivity index (χ0n) is 18.5. The third-order valence-electron chi connectivity index (χ3n) is 6.15. The third kappa shape index (κ3) is 3.98. The molecule has 0 unspecified atom stereocenters. The van der Waals surface area contributed by atoms with Crippen molar-refractivity contribution in [3.8, 4) is 11.1 Å². The Morgan fingerprint density at radius 2 is 1.33 bits per heavy atom. The fourth-order valence-corrected chi connectivity index (χ4v) is 4.24. The molecule has 2 heterocycles. The molecular weight excluding hydrogens is 483 g/mol. The van der Waals surface area contributed by atoms with E-state index in [0.29, 0.717) is 22.3 Å². The first kappa shape index (κ1) is 23.5. The van der Waals surface area contributed by atoms with Crippen LogP contribution in [0.4, 0.5) is 27.6 Å². The van der Waals surface area contributed by atoms with E-state index in [0.717, 1.165) is 10.3 Å². The Kier molecular flexibility index (Phi) is 5.95. The molecule has 1 aromatic heterocycles. The largest absolute Gasteiger partial charge is 0.422 e. The number of fused-ring (bicyclic) bond motifs is 1. The van der Waals surface area contributed by atoms with E-state index < -0.39 is 40.4 Å². The molecule has 10 heteroatoms. The van der Waals surface area contributed by atoms with Crippen molar-refractivity contribution in [3.05, 3.63) is 99.7 Å². The monoisotopic (exact) mass is 500 g/mol. The number of amides is 1. The summed E-state index contributed by atoms with van der Waals surface area (Å²) >= 11 is 0. The molecule has 0 bridgehead atoms. The van der Waals surface area contributed by atoms with E-state index in [4.69, 9.17) is 4.42 Å². The minimum Gasteiger partial charge on any atom is -0.422 e. The maximum Gasteiger partial charge on any atom is 0.344 e. The van der Waals surface area contributed by atoms with Gasteiger partial charge in [-0.05, 0) is 29.8 Å². The molecule has 5 nitrogen and oxygen atoms in total. The van der Waals surface area contributed by atoms with Gasteiger partial charge in [-0.15, -0.1) is 0 Å². The molecule has 0 spiro atoms. The summed E-state index contributed by atoms with van der Waals surface area (Å²) in [5, 5.41) is 0.749. The van der Waals surface area contributed by atoms with Crippen LogP contribution in [0.5, 0.6) is 0 Å². The highest BCUT2D eigenvalue weighted by atomic mass is 19.2. The number of carbonyl (C=O) groups is 1. The topological polar surface area (TPSA) is 53.8 Å². The predicted octanol–water partition coefficient (Wildman–Crippen LogP) is 5.12. The van der Waals surface area contributed by atoms with E-state index in [2.05, 4.69) is 0 Å². The van der Waals surface area contributed by atoms with Crippen molar-refractivity contribution >= 4 is 22.6 Å². The summed E-state index contributed by atoms with van der Waals surface area (Å²) in [6.07, 6.45) is 0. The number of carbonyl (C=O) groups excluding carboxylic acids is 1. The normalized spacial score (nSPS) is 13.9. The van der Waals surface area contributed by atoms with Gasteiger partial charge >= 0.3 is 5.63 Å². The van der Waals surface area contributed by atoms with Gasteiger partial charge < -0.3 is 14.2 Å². The van der Waals surface area contributed by atoms with Crippen molar-refractivity contribution in [1.82, 2.24) is 4.90 Å². The van der Waals surface area contributed by atoms with Crippen LogP contribution in [0.2, 0.25) is 0 Å². The first-order valence-electron chi connectivity index (χ1n) is 10.9. The lowest BCUT2D eigenvalue weighted by molar-refractivity contribution is 0.0746. The molecule has 1 aliphatic heterocycles. The van der Waals surface area contributed by atoms with Crippen LogP contribution in [0.1, 0.15) is 10.4 Å². The van der Waals surface area contributed by atoms with Gasteiger partial charge in [0.15, 0.2) is 23.3 Å². The molecule has 0 aliphatic carbocycles. The molecule has 5 rings (SSSR count). The van der Waals surface area contributed by atoms with Gasteiger partial charge in [0.05, 0.1) is 5.56 Å². The Balaban J connectivity index is 1.32. The predicted molar refractivity (Wildman–Crippen MR) is 122 cm³/mol. The van der Waals surface area contributed by atoms with Gasteiger partial charge in [0.1, 0.15) is 11.3 Å². The van der Waals surface area contributed by atoms with Crippen molar-refractivity contribution in [3.63, 3.8) is 0 Å². The molecule has 3 aromatic carbocycles. The minimum atomic E-state index is -2.22. The molecular formula is C26H17F5N2O3. The summed E-state index contributed by atoms with van der Waals surface area (Å²) in [6.45, 7) is -0.233. The third-order valence-corrected chi connectivity index (χ3v) is 6.15. The van der Waals surface area contributed by atoms with Gasteiger partial charge in [0.25, 0.3) is 5.91 Å². The van der Waals surface area contributed by atoms with E-state index in [1.807, 2.05) is 12.1 Å². The van der Waals surface area contributed by atoms with Gasteiger partial charge in [-0.25, -0.2) is 26.7 Å². The van der Waals surface area contributed by atoms with Crippen molar-refractivity contribution in [2.75, 3.05) is 31.1 Å². The smallest absolute Gasteiger partial charge is 0.344 e. The highest BCUT2D eigenvalue weighted by Gasteiger charge is 2.31. The number of halogens is 5.